The second kappa shape index (κ2) is 18.4. The molecular weight excluding hydrogens is 537 g/mol. The Morgan fingerprint density at radius 3 is 1.68 bits per heavy atom. The van der Waals surface area contributed by atoms with Gasteiger partial charge in [-0.3, -0.25) is 4.79 Å². The molecule has 0 aliphatic rings. The highest BCUT2D eigenvalue weighted by Gasteiger charge is 2.44. The number of benzene rings is 1. The molecule has 0 amide bonds. The molecule has 1 aromatic rings. The average molecular weight is 595 g/mol. The summed E-state index contributed by atoms with van der Waals surface area (Å²) in [6.07, 6.45) is 0.779. The zero-order chi connectivity index (χ0) is 25.3. The van der Waals surface area contributed by atoms with Crippen LogP contribution in [0.3, 0.4) is 0 Å². The van der Waals surface area contributed by atoms with Crippen molar-refractivity contribution in [2.24, 2.45) is 0 Å². The topological polar surface area (TPSA) is 80.3 Å². The van der Waals surface area contributed by atoms with Gasteiger partial charge >= 0.3 is 23.1 Å². The molecule has 0 saturated heterocycles. The molecule has 0 saturated carbocycles. The van der Waals surface area contributed by atoms with E-state index in [1.807, 2.05) is 0 Å². The van der Waals surface area contributed by atoms with Gasteiger partial charge in [0.05, 0.1) is 6.61 Å². The summed E-state index contributed by atoms with van der Waals surface area (Å²) < 4.78 is 30.3. The van der Waals surface area contributed by atoms with Crippen LogP contribution in [0, 0.1) is 0 Å². The highest BCUT2D eigenvalue weighted by atomic mass is 28.5. The second-order valence-corrected chi connectivity index (χ2v) is 27.1. The van der Waals surface area contributed by atoms with E-state index in [1.54, 1.807) is 30.3 Å². The van der Waals surface area contributed by atoms with E-state index < -0.39 is 45.5 Å². The number of esters is 1. The first-order chi connectivity index (χ1) is 15.0. The number of hydrogen-bond acceptors (Lipinski definition) is 7. The summed E-state index contributed by atoms with van der Waals surface area (Å²) in [5, 5.41) is 0. The fourth-order valence-electron chi connectivity index (χ4n) is 3.61. The molecule has 37 heavy (non-hydrogen) atoms. The largest absolute Gasteiger partial charge is 0.457 e. The smallest absolute Gasteiger partial charge is 0.379 e. The third kappa shape index (κ3) is 19.7. The lowest BCUT2D eigenvalue weighted by Gasteiger charge is -2.41. The number of Topliss-reactive ketones (excluding diaryl/α,β-unsaturated/α-hetero) is 1. The van der Waals surface area contributed by atoms with E-state index in [9.17, 15) is 9.59 Å². The van der Waals surface area contributed by atoms with Crippen LogP contribution in [0.25, 0.3) is 0 Å². The van der Waals surface area contributed by atoms with E-state index in [4.69, 9.17) is 21.8 Å². The number of hydrogen-bond donors (Lipinski definition) is 0. The van der Waals surface area contributed by atoms with Crippen molar-refractivity contribution in [3.05, 3.63) is 35.9 Å². The van der Waals surface area contributed by atoms with Gasteiger partial charge in [0.1, 0.15) is 6.61 Å². The van der Waals surface area contributed by atoms with Crippen LogP contribution >= 0.6 is 0 Å². The van der Waals surface area contributed by atoms with Crippen LogP contribution in [-0.4, -0.2) is 65.3 Å². The SMILES string of the molecule is C.C.C.C.C[Si](C)(C)O[Si](C)(C)O[Si](C)(CCCOCCOC(=O)C(=O)c1ccccc1)O[Si](C)(C)C. The Hall–Kier alpha value is -0.932. The van der Waals surface area contributed by atoms with Crippen molar-refractivity contribution < 1.29 is 31.4 Å². The van der Waals surface area contributed by atoms with Gasteiger partial charge in [-0.25, -0.2) is 4.79 Å². The summed E-state index contributed by atoms with van der Waals surface area (Å²) in [6, 6.07) is 9.17. The summed E-state index contributed by atoms with van der Waals surface area (Å²) in [7, 11) is -8.28. The molecule has 0 bridgehead atoms. The molecule has 0 aromatic heterocycles. The maximum absolute atomic E-state index is 12.0. The molecule has 1 atom stereocenters. The number of ketones is 1. The normalized spacial score (nSPS) is 13.0. The Balaban J connectivity index is -0.00000136. The highest BCUT2D eigenvalue weighted by molar-refractivity contribution is 6.89. The highest BCUT2D eigenvalue weighted by Crippen LogP contribution is 2.27. The first-order valence-corrected chi connectivity index (χ1v) is 23.6. The lowest BCUT2D eigenvalue weighted by atomic mass is 10.1. The van der Waals surface area contributed by atoms with Crippen LogP contribution in [0.15, 0.2) is 30.3 Å². The molecule has 0 spiro atoms. The van der Waals surface area contributed by atoms with Gasteiger partial charge in [-0.1, -0.05) is 60.0 Å². The van der Waals surface area contributed by atoms with Gasteiger partial charge in [-0.2, -0.15) is 0 Å². The molecule has 0 heterocycles. The van der Waals surface area contributed by atoms with Crippen molar-refractivity contribution >= 4 is 45.5 Å². The fourth-order valence-corrected chi connectivity index (χ4v) is 21.5. The minimum Gasteiger partial charge on any atom is -0.457 e. The van der Waals surface area contributed by atoms with E-state index in [-0.39, 0.29) is 42.9 Å². The Morgan fingerprint density at radius 2 is 1.19 bits per heavy atom. The van der Waals surface area contributed by atoms with Crippen molar-refractivity contribution in [2.75, 3.05) is 19.8 Å². The zero-order valence-corrected chi connectivity index (χ0v) is 25.8. The summed E-state index contributed by atoms with van der Waals surface area (Å²) in [4.78, 5) is 23.9. The van der Waals surface area contributed by atoms with E-state index in [1.165, 1.54) is 0 Å². The number of rotatable bonds is 15. The summed E-state index contributed by atoms with van der Waals surface area (Å²) in [5.74, 6) is -1.51. The first kappa shape index (κ1) is 43.1. The van der Waals surface area contributed by atoms with Crippen molar-refractivity contribution in [3.63, 3.8) is 0 Å². The maximum Gasteiger partial charge on any atom is 0.379 e. The second-order valence-electron chi connectivity index (χ2n) is 10.6. The molecule has 1 aromatic carbocycles. The lowest BCUT2D eigenvalue weighted by Crippen LogP contribution is -2.56. The minimum atomic E-state index is -2.45. The molecule has 0 aliphatic carbocycles. The summed E-state index contributed by atoms with van der Waals surface area (Å²) in [5.41, 5.74) is 0.319. The Morgan fingerprint density at radius 1 is 0.676 bits per heavy atom. The third-order valence-electron chi connectivity index (χ3n) is 4.14. The third-order valence-corrected chi connectivity index (χ3v) is 17.7. The summed E-state index contributed by atoms with van der Waals surface area (Å²) in [6.45, 7) is 20.2. The molecule has 0 N–H and O–H groups in total. The molecular formula is C26H58O7Si4. The van der Waals surface area contributed by atoms with E-state index in [0.717, 1.165) is 12.5 Å². The molecule has 0 aliphatic heterocycles. The van der Waals surface area contributed by atoms with Crippen molar-refractivity contribution in [3.8, 4) is 0 Å². The van der Waals surface area contributed by atoms with Gasteiger partial charge in [0.25, 0.3) is 5.78 Å². The molecule has 11 heteroatoms. The van der Waals surface area contributed by atoms with Crippen LogP contribution < -0.4 is 0 Å². The Bertz CT molecular complexity index is 762. The quantitative estimate of drug-likeness (QED) is 0.0672. The molecule has 7 nitrogen and oxygen atoms in total. The zero-order valence-electron chi connectivity index (χ0n) is 21.8. The summed E-state index contributed by atoms with van der Waals surface area (Å²) >= 11 is 0. The van der Waals surface area contributed by atoms with Gasteiger partial charge in [0.2, 0.25) is 0 Å². The fraction of sp³-hybridized carbons (Fsp3) is 0.692. The number of ether oxygens (including phenoxy) is 2. The number of carbonyl (C=O) groups excluding carboxylic acids is 2. The van der Waals surface area contributed by atoms with Crippen LogP contribution in [0.2, 0.25) is 65.0 Å². The molecule has 0 radical (unpaired) electrons. The van der Waals surface area contributed by atoms with Crippen LogP contribution in [0.1, 0.15) is 46.5 Å². The van der Waals surface area contributed by atoms with Crippen molar-refractivity contribution in [2.45, 2.75) is 101 Å². The van der Waals surface area contributed by atoms with Gasteiger partial charge in [-0.05, 0) is 71.4 Å². The van der Waals surface area contributed by atoms with Gasteiger partial charge in [0.15, 0.2) is 16.6 Å². The van der Waals surface area contributed by atoms with Crippen LogP contribution in [0.5, 0.6) is 0 Å². The van der Waals surface area contributed by atoms with Crippen molar-refractivity contribution in [1.82, 2.24) is 0 Å². The van der Waals surface area contributed by atoms with E-state index >= 15 is 0 Å². The molecule has 1 rings (SSSR count). The van der Waals surface area contributed by atoms with Gasteiger partial charge < -0.3 is 21.8 Å². The predicted octanol–water partition coefficient (Wildman–Crippen LogP) is 7.86. The number of carbonyl (C=O) groups is 2. The van der Waals surface area contributed by atoms with Gasteiger partial charge in [-0.15, -0.1) is 0 Å². The predicted molar refractivity (Wildman–Crippen MR) is 168 cm³/mol. The first-order valence-electron chi connectivity index (χ1n) is 11.5. The van der Waals surface area contributed by atoms with E-state index in [0.29, 0.717) is 12.2 Å². The van der Waals surface area contributed by atoms with Crippen LogP contribution in [-0.2, 0) is 26.6 Å². The lowest BCUT2D eigenvalue weighted by molar-refractivity contribution is -0.139. The molecule has 220 valence electrons. The van der Waals surface area contributed by atoms with Crippen molar-refractivity contribution in [1.29, 1.82) is 0 Å². The molecule has 0 fully saturated rings. The monoisotopic (exact) mass is 594 g/mol. The Labute approximate surface area is 233 Å². The van der Waals surface area contributed by atoms with Gasteiger partial charge in [0, 0.05) is 12.2 Å². The van der Waals surface area contributed by atoms with E-state index in [2.05, 4.69) is 58.9 Å². The molecule has 1 unspecified atom stereocenters. The Kier molecular flexibility index (Phi) is 21.4. The standard InChI is InChI=1S/C22H42O7Si4.4CH4/c1-30(2,3)27-32(7,8)29-33(9,28-31(4,5)6)19-13-16-25-17-18-26-22(24)21(23)20-14-11-10-12-15-20;;;;/h10-12,14-15H,13,16-19H2,1-9H3;4*1H4. The van der Waals surface area contributed by atoms with Crippen LogP contribution in [0.4, 0.5) is 0 Å². The maximum atomic E-state index is 12.0. The average Bonchev–Trinajstić information content (AvgIpc) is 2.63. The minimum absolute atomic E-state index is 0.